The molecule has 4 N–H and O–H groups in total. The van der Waals surface area contributed by atoms with Gasteiger partial charge in [0.2, 0.25) is 5.91 Å². The lowest BCUT2D eigenvalue weighted by Crippen LogP contribution is -2.43. The van der Waals surface area contributed by atoms with E-state index < -0.39 is 11.8 Å². The van der Waals surface area contributed by atoms with Gasteiger partial charge >= 0.3 is 0 Å². The first-order valence-electron chi connectivity index (χ1n) is 10.2. The van der Waals surface area contributed by atoms with Crippen molar-refractivity contribution in [3.8, 4) is 5.75 Å². The van der Waals surface area contributed by atoms with Gasteiger partial charge in [0.25, 0.3) is 0 Å². The van der Waals surface area contributed by atoms with Crippen LogP contribution in [0.15, 0.2) is 47.5 Å². The third-order valence-electron chi connectivity index (χ3n) is 4.59. The number of nitrogens with two attached hydrogens (primary N) is 1. The van der Waals surface area contributed by atoms with E-state index in [1.54, 1.807) is 12.1 Å². The Bertz CT molecular complexity index is 859. The quantitative estimate of drug-likeness (QED) is 0.244. The Morgan fingerprint density at radius 2 is 1.87 bits per heavy atom. The molecule has 2 aromatic carbocycles. The highest BCUT2D eigenvalue weighted by atomic mass is 127. The van der Waals surface area contributed by atoms with Crippen LogP contribution in [-0.2, 0) is 17.8 Å². The highest BCUT2D eigenvalue weighted by Gasteiger charge is 2.17. The van der Waals surface area contributed by atoms with E-state index in [9.17, 15) is 9.18 Å². The van der Waals surface area contributed by atoms with Crippen molar-refractivity contribution >= 4 is 35.8 Å². The minimum atomic E-state index is -0.447. The van der Waals surface area contributed by atoms with Crippen molar-refractivity contribution in [3.05, 3.63) is 65.0 Å². The van der Waals surface area contributed by atoms with Crippen molar-refractivity contribution in [2.24, 2.45) is 16.6 Å². The van der Waals surface area contributed by atoms with E-state index in [2.05, 4.69) is 15.6 Å². The maximum Gasteiger partial charge on any atom is 0.222 e. The maximum atomic E-state index is 13.1. The van der Waals surface area contributed by atoms with Gasteiger partial charge in [-0.25, -0.2) is 9.38 Å². The molecule has 0 spiro atoms. The number of primary amides is 1. The van der Waals surface area contributed by atoms with Gasteiger partial charge in [-0.2, -0.15) is 0 Å². The molecule has 0 fully saturated rings. The Balaban J connectivity index is 0.00000480. The van der Waals surface area contributed by atoms with Crippen molar-refractivity contribution < 1.29 is 13.9 Å². The largest absolute Gasteiger partial charge is 0.494 e. The fourth-order valence-electron chi connectivity index (χ4n) is 2.99. The number of nitrogens with zero attached hydrogens (tertiary/aromatic N) is 1. The molecule has 6 nitrogen and oxygen atoms in total. The summed E-state index contributed by atoms with van der Waals surface area (Å²) in [6.07, 6.45) is 0.425. The van der Waals surface area contributed by atoms with Gasteiger partial charge in [0.05, 0.1) is 19.1 Å². The number of guanidine groups is 1. The summed E-state index contributed by atoms with van der Waals surface area (Å²) in [5.74, 6) is 0.239. The number of halogens is 2. The van der Waals surface area contributed by atoms with E-state index in [0.29, 0.717) is 38.6 Å². The fourth-order valence-corrected chi connectivity index (χ4v) is 2.99. The normalized spacial score (nSPS) is 11.9. The van der Waals surface area contributed by atoms with Gasteiger partial charge in [0.15, 0.2) is 5.96 Å². The summed E-state index contributed by atoms with van der Waals surface area (Å²) >= 11 is 0. The van der Waals surface area contributed by atoms with Crippen LogP contribution in [0.2, 0.25) is 0 Å². The number of nitrogens with one attached hydrogen (secondary N) is 2. The number of aryl methyl sites for hydroxylation is 1. The van der Waals surface area contributed by atoms with Crippen molar-refractivity contribution in [2.45, 2.75) is 33.7 Å². The van der Waals surface area contributed by atoms with Gasteiger partial charge in [-0.3, -0.25) is 4.79 Å². The number of carbonyl (C=O) groups is 1. The van der Waals surface area contributed by atoms with Crippen LogP contribution in [-0.4, -0.2) is 31.6 Å². The van der Waals surface area contributed by atoms with E-state index in [4.69, 9.17) is 10.5 Å². The second-order valence-electron chi connectivity index (χ2n) is 7.05. The molecular weight excluding hydrogens is 510 g/mol. The number of hydrogen-bond acceptors (Lipinski definition) is 3. The summed E-state index contributed by atoms with van der Waals surface area (Å²) in [4.78, 5) is 16.5. The second-order valence-corrected chi connectivity index (χ2v) is 7.05. The molecule has 8 heteroatoms. The van der Waals surface area contributed by atoms with Crippen LogP contribution in [0.3, 0.4) is 0 Å². The number of benzene rings is 2. The molecule has 1 atom stereocenters. The molecule has 31 heavy (non-hydrogen) atoms. The highest BCUT2D eigenvalue weighted by molar-refractivity contribution is 14.0. The zero-order valence-electron chi connectivity index (χ0n) is 18.3. The van der Waals surface area contributed by atoms with Crippen molar-refractivity contribution in [2.75, 3.05) is 19.7 Å². The molecule has 0 radical (unpaired) electrons. The average molecular weight is 542 g/mol. The maximum absolute atomic E-state index is 13.1. The Hall–Kier alpha value is -2.36. The monoisotopic (exact) mass is 542 g/mol. The number of carbonyl (C=O) groups excluding carboxylic acids is 1. The topological polar surface area (TPSA) is 88.7 Å². The molecule has 0 aliphatic heterocycles. The zero-order valence-corrected chi connectivity index (χ0v) is 20.6. The van der Waals surface area contributed by atoms with Crippen LogP contribution in [0.1, 0.15) is 30.5 Å². The summed E-state index contributed by atoms with van der Waals surface area (Å²) in [5.41, 5.74) is 8.54. The van der Waals surface area contributed by atoms with Gasteiger partial charge in [0.1, 0.15) is 11.6 Å². The first-order chi connectivity index (χ1) is 14.4. The van der Waals surface area contributed by atoms with Crippen LogP contribution in [0.4, 0.5) is 4.39 Å². The average Bonchev–Trinajstić information content (AvgIpc) is 2.71. The molecular formula is C23H32FIN4O2. The smallest absolute Gasteiger partial charge is 0.222 e. The summed E-state index contributed by atoms with van der Waals surface area (Å²) in [7, 11) is 0. The van der Waals surface area contributed by atoms with Crippen molar-refractivity contribution in [3.63, 3.8) is 0 Å². The lowest BCUT2D eigenvalue weighted by molar-refractivity contribution is -0.121. The summed E-state index contributed by atoms with van der Waals surface area (Å²) in [6, 6.07) is 12.1. The third kappa shape index (κ3) is 9.12. The van der Waals surface area contributed by atoms with E-state index in [0.717, 1.165) is 22.4 Å². The fraction of sp³-hybridized carbons (Fsp3) is 0.391. The predicted octanol–water partition coefficient (Wildman–Crippen LogP) is 3.55. The van der Waals surface area contributed by atoms with Gasteiger partial charge in [-0.15, -0.1) is 24.0 Å². The van der Waals surface area contributed by atoms with Gasteiger partial charge in [-0.1, -0.05) is 24.3 Å². The van der Waals surface area contributed by atoms with Gasteiger partial charge in [-0.05, 0) is 56.5 Å². The lowest BCUT2D eigenvalue weighted by atomic mass is 9.98. The second kappa shape index (κ2) is 13.8. The van der Waals surface area contributed by atoms with Crippen molar-refractivity contribution in [1.29, 1.82) is 0 Å². The van der Waals surface area contributed by atoms with Gasteiger partial charge in [0, 0.05) is 18.7 Å². The first-order valence-corrected chi connectivity index (χ1v) is 10.2. The molecule has 0 saturated carbocycles. The number of ether oxygens (including phenoxy) is 1. The molecule has 0 bridgehead atoms. The summed E-state index contributed by atoms with van der Waals surface area (Å²) < 4.78 is 18.8. The van der Waals surface area contributed by atoms with E-state index >= 15 is 0 Å². The van der Waals surface area contributed by atoms with Crippen LogP contribution in [0.5, 0.6) is 5.75 Å². The lowest BCUT2D eigenvalue weighted by Gasteiger charge is -2.17. The number of rotatable bonds is 10. The minimum absolute atomic E-state index is 0. The Morgan fingerprint density at radius 1 is 1.16 bits per heavy atom. The van der Waals surface area contributed by atoms with E-state index in [-0.39, 0.29) is 29.8 Å². The Kier molecular flexibility index (Phi) is 11.9. The zero-order chi connectivity index (χ0) is 21.9. The highest BCUT2D eigenvalue weighted by Crippen LogP contribution is 2.21. The first kappa shape index (κ1) is 26.7. The summed E-state index contributed by atoms with van der Waals surface area (Å²) in [5, 5.41) is 6.37. The summed E-state index contributed by atoms with van der Waals surface area (Å²) in [6.45, 7) is 7.96. The molecule has 0 saturated heterocycles. The molecule has 0 heterocycles. The molecule has 2 aromatic rings. The van der Waals surface area contributed by atoms with Crippen LogP contribution in [0.25, 0.3) is 0 Å². The van der Waals surface area contributed by atoms with E-state index in [1.165, 1.54) is 12.1 Å². The number of amides is 1. The van der Waals surface area contributed by atoms with Crippen LogP contribution < -0.4 is 21.1 Å². The number of hydrogen-bond donors (Lipinski definition) is 3. The third-order valence-corrected chi connectivity index (χ3v) is 4.59. The Morgan fingerprint density at radius 3 is 2.48 bits per heavy atom. The van der Waals surface area contributed by atoms with Crippen LogP contribution >= 0.6 is 24.0 Å². The molecule has 0 aromatic heterocycles. The standard InChI is InChI=1S/C23H31FN4O2.HI/c1-4-26-23(27-14-18-9-6-16(3)12-21(18)30-5-2)28-15-19(22(25)29)13-17-7-10-20(24)11-8-17;/h6-12,19H,4-5,13-15H2,1-3H3,(H2,25,29)(H2,26,27,28);1H. The minimum Gasteiger partial charge on any atom is -0.494 e. The molecule has 170 valence electrons. The Labute approximate surface area is 200 Å². The predicted molar refractivity (Wildman–Crippen MR) is 133 cm³/mol. The van der Waals surface area contributed by atoms with E-state index in [1.807, 2.05) is 39.0 Å². The van der Waals surface area contributed by atoms with Gasteiger partial charge < -0.3 is 21.1 Å². The molecule has 1 unspecified atom stereocenters. The number of aliphatic imine (C=N–C) groups is 1. The van der Waals surface area contributed by atoms with Crippen molar-refractivity contribution in [1.82, 2.24) is 10.6 Å². The van der Waals surface area contributed by atoms with Crippen LogP contribution in [0, 0.1) is 18.7 Å². The molecule has 0 aliphatic carbocycles. The molecule has 1 amide bonds. The SMILES string of the molecule is CCNC(=NCc1ccc(C)cc1OCC)NCC(Cc1ccc(F)cc1)C(N)=O.I. The molecule has 2 rings (SSSR count). The molecule has 0 aliphatic rings.